The second-order valence-corrected chi connectivity index (χ2v) is 13.6. The van der Waals surface area contributed by atoms with E-state index < -0.39 is 47.7 Å². The molecule has 1 saturated heterocycles. The molecule has 1 aliphatic rings. The van der Waals surface area contributed by atoms with Gasteiger partial charge in [0.25, 0.3) is 0 Å². The Labute approximate surface area is 229 Å². The Hall–Kier alpha value is -2.12. The Bertz CT molecular complexity index is 1410. The van der Waals surface area contributed by atoms with Crippen molar-refractivity contribution in [1.29, 1.82) is 5.26 Å². The molecule has 5 atom stereocenters. The normalized spacial score (nSPS) is 24.6. The minimum absolute atomic E-state index is 0.00415. The number of phosphoric acid groups is 3. The molecule has 0 saturated carbocycles. The highest BCUT2D eigenvalue weighted by Crippen LogP contribution is 2.66. The predicted molar refractivity (Wildman–Crippen MR) is 137 cm³/mol. The molecule has 0 bridgehead atoms. The first-order valence-corrected chi connectivity index (χ1v) is 16.4. The highest BCUT2D eigenvalue weighted by atomic mass is 31.3. The quantitative estimate of drug-likeness (QED) is 0.102. The second kappa shape index (κ2) is 12.8. The van der Waals surface area contributed by atoms with E-state index in [2.05, 4.69) is 46.2 Å². The van der Waals surface area contributed by atoms with Crippen LogP contribution in [0, 0.1) is 16.7 Å². The summed E-state index contributed by atoms with van der Waals surface area (Å²) in [7, 11) is -14.7. The molecule has 2 unspecified atom stereocenters. The van der Waals surface area contributed by atoms with Gasteiger partial charge in [-0.2, -0.15) is 19.0 Å². The summed E-state index contributed by atoms with van der Waals surface area (Å²) >= 11 is 0. The Balaban J connectivity index is 1.74. The van der Waals surface area contributed by atoms with Gasteiger partial charge >= 0.3 is 23.5 Å². The first kappa shape index (κ1) is 32.4. The number of aliphatic imine (C=N–C) groups is 1. The lowest BCUT2D eigenvalue weighted by molar-refractivity contribution is -0.00419. The van der Waals surface area contributed by atoms with Gasteiger partial charge in [-0.15, -0.1) is 0 Å². The van der Waals surface area contributed by atoms with Crippen LogP contribution in [0.2, 0.25) is 0 Å². The van der Waals surface area contributed by atoms with Crippen LogP contribution >= 0.6 is 23.5 Å². The molecule has 2 aromatic heterocycles. The maximum Gasteiger partial charge on any atom is 0.490 e. The number of rotatable bonds is 14. The molecule has 18 nitrogen and oxygen atoms in total. The fraction of sp³-hybridized carbons (Fsp3) is 0.632. The molecule has 21 heteroatoms. The number of fused-ring (bicyclic) bond motifs is 1. The van der Waals surface area contributed by atoms with Crippen molar-refractivity contribution in [3.05, 3.63) is 18.2 Å². The van der Waals surface area contributed by atoms with Crippen molar-refractivity contribution < 1.29 is 51.2 Å². The molecule has 0 aromatic carbocycles. The standard InChI is InChI=1S/C19H30N7O11P3/c1-4-5-6-7-25(3)13-23-17-18-21-9-15(26(18)24-12-22-17)16-19(2,11-20)8-14(35-16)10-34-39(30,31)37-40(32,33)36-38(27,28)29/h9,12-14,16H,4-8,10H2,1-3H3,(H,30,31)(H,32,33)(H2,27,28,29)/t14-,16-,19-/m0/s1. The second-order valence-electron chi connectivity index (χ2n) is 9.19. The van der Waals surface area contributed by atoms with Gasteiger partial charge < -0.3 is 29.2 Å². The summed E-state index contributed by atoms with van der Waals surface area (Å²) < 4.78 is 53.8. The van der Waals surface area contributed by atoms with Crippen LogP contribution in [0.1, 0.15) is 51.3 Å². The number of nitrogens with zero attached hydrogens (tertiary/aromatic N) is 7. The lowest BCUT2D eigenvalue weighted by Crippen LogP contribution is -2.20. The van der Waals surface area contributed by atoms with Gasteiger partial charge in [-0.1, -0.05) is 19.8 Å². The maximum absolute atomic E-state index is 12.1. The van der Waals surface area contributed by atoms with Crippen molar-refractivity contribution in [3.63, 3.8) is 0 Å². The van der Waals surface area contributed by atoms with Crippen LogP contribution in [0.25, 0.3) is 5.65 Å². The number of unbranched alkanes of at least 4 members (excludes halogenated alkanes) is 2. The van der Waals surface area contributed by atoms with Gasteiger partial charge in [-0.25, -0.2) is 33.2 Å². The third-order valence-electron chi connectivity index (χ3n) is 5.73. The molecule has 0 spiro atoms. The minimum Gasteiger partial charge on any atom is -0.366 e. The van der Waals surface area contributed by atoms with Gasteiger partial charge in [0.1, 0.15) is 12.4 Å². The smallest absolute Gasteiger partial charge is 0.366 e. The van der Waals surface area contributed by atoms with E-state index in [-0.39, 0.29) is 12.2 Å². The van der Waals surface area contributed by atoms with Crippen LogP contribution in [0.3, 0.4) is 0 Å². The third-order valence-corrected chi connectivity index (χ3v) is 9.53. The summed E-state index contributed by atoms with van der Waals surface area (Å²) in [4.78, 5) is 51.1. The van der Waals surface area contributed by atoms with Gasteiger partial charge in [-0.05, 0) is 19.8 Å². The van der Waals surface area contributed by atoms with Crippen molar-refractivity contribution in [3.8, 4) is 6.07 Å². The molecule has 4 N–H and O–H groups in total. The Morgan fingerprint density at radius 3 is 2.62 bits per heavy atom. The first-order valence-electron chi connectivity index (χ1n) is 11.9. The molecule has 3 rings (SSSR count). The Morgan fingerprint density at radius 1 is 1.25 bits per heavy atom. The number of ether oxygens (including phenoxy) is 1. The molecular formula is C19H30N7O11P3. The van der Waals surface area contributed by atoms with Crippen LogP contribution in [0.5, 0.6) is 0 Å². The minimum atomic E-state index is -5.67. The van der Waals surface area contributed by atoms with Crippen LogP contribution < -0.4 is 0 Å². The zero-order chi connectivity index (χ0) is 29.8. The van der Waals surface area contributed by atoms with E-state index in [0.717, 1.165) is 25.8 Å². The van der Waals surface area contributed by atoms with Gasteiger partial charge in [-0.3, -0.25) is 4.52 Å². The Morgan fingerprint density at radius 2 is 1.98 bits per heavy atom. The molecular weight excluding hydrogens is 595 g/mol. The topological polar surface area (TPSA) is 252 Å². The molecule has 0 aliphatic carbocycles. The third kappa shape index (κ3) is 8.69. The van der Waals surface area contributed by atoms with E-state index in [1.807, 2.05) is 11.9 Å². The molecule has 2 aromatic rings. The molecule has 1 aliphatic heterocycles. The van der Waals surface area contributed by atoms with Crippen molar-refractivity contribution in [2.75, 3.05) is 20.2 Å². The summed E-state index contributed by atoms with van der Waals surface area (Å²) in [6.07, 6.45) is 5.63. The molecule has 222 valence electrons. The van der Waals surface area contributed by atoms with E-state index in [1.165, 1.54) is 17.0 Å². The van der Waals surface area contributed by atoms with Gasteiger partial charge in [0.2, 0.25) is 5.82 Å². The van der Waals surface area contributed by atoms with E-state index >= 15 is 0 Å². The monoisotopic (exact) mass is 625 g/mol. The van der Waals surface area contributed by atoms with Crippen molar-refractivity contribution in [2.24, 2.45) is 10.4 Å². The van der Waals surface area contributed by atoms with E-state index in [1.54, 1.807) is 13.3 Å². The molecule has 1 fully saturated rings. The summed E-state index contributed by atoms with van der Waals surface area (Å²) in [6.45, 7) is 3.83. The van der Waals surface area contributed by atoms with E-state index in [0.29, 0.717) is 11.3 Å². The van der Waals surface area contributed by atoms with Crippen LogP contribution in [-0.2, 0) is 31.6 Å². The lowest BCUT2D eigenvalue weighted by atomic mass is 9.82. The first-order chi connectivity index (χ1) is 18.6. The van der Waals surface area contributed by atoms with Gasteiger partial charge in [0.05, 0.1) is 42.4 Å². The zero-order valence-electron chi connectivity index (χ0n) is 21.7. The fourth-order valence-electron chi connectivity index (χ4n) is 3.96. The van der Waals surface area contributed by atoms with Crippen LogP contribution in [-0.4, -0.2) is 76.7 Å². The van der Waals surface area contributed by atoms with Gasteiger partial charge in [0, 0.05) is 13.6 Å². The highest BCUT2D eigenvalue weighted by Gasteiger charge is 2.49. The van der Waals surface area contributed by atoms with Crippen LogP contribution in [0.4, 0.5) is 5.82 Å². The zero-order valence-corrected chi connectivity index (χ0v) is 24.4. The average Bonchev–Trinajstić information content (AvgIpc) is 3.40. The van der Waals surface area contributed by atoms with E-state index in [9.17, 15) is 28.7 Å². The SMILES string of the molecule is CCCCCN(C)C=Nc1ncnn2c([C@@H]3O[C@H](COP(=O)(O)OP(=O)(O)OP(=O)(O)O)C[C@@]3(C)C#N)cnc12. The van der Waals surface area contributed by atoms with Crippen LogP contribution in [0.15, 0.2) is 17.5 Å². The number of nitriles is 1. The lowest BCUT2D eigenvalue weighted by Gasteiger charge is -2.21. The molecule has 3 heterocycles. The number of aromatic nitrogens is 4. The number of imidazole rings is 1. The van der Waals surface area contributed by atoms with Gasteiger partial charge in [0.15, 0.2) is 5.65 Å². The largest absolute Gasteiger partial charge is 0.490 e. The summed E-state index contributed by atoms with van der Waals surface area (Å²) in [5.74, 6) is 0.282. The summed E-state index contributed by atoms with van der Waals surface area (Å²) in [6, 6.07) is 2.16. The summed E-state index contributed by atoms with van der Waals surface area (Å²) in [5, 5.41) is 14.1. The number of hydrogen-bond acceptors (Lipinski definition) is 12. The average molecular weight is 625 g/mol. The van der Waals surface area contributed by atoms with Crippen molar-refractivity contribution in [2.45, 2.75) is 51.7 Å². The summed E-state index contributed by atoms with van der Waals surface area (Å²) in [5.41, 5.74) is -0.514. The fourth-order valence-corrected chi connectivity index (χ4v) is 7.01. The Kier molecular flexibility index (Phi) is 10.4. The predicted octanol–water partition coefficient (Wildman–Crippen LogP) is 2.61. The highest BCUT2D eigenvalue weighted by molar-refractivity contribution is 7.66. The number of hydrogen-bond donors (Lipinski definition) is 4. The molecule has 40 heavy (non-hydrogen) atoms. The maximum atomic E-state index is 12.1. The molecule has 0 amide bonds. The van der Waals surface area contributed by atoms with Crippen molar-refractivity contribution in [1.82, 2.24) is 24.5 Å². The van der Waals surface area contributed by atoms with Crippen molar-refractivity contribution >= 4 is 41.3 Å². The van der Waals surface area contributed by atoms with E-state index in [4.69, 9.17) is 14.5 Å². The number of phosphoric ester groups is 1. The molecule has 0 radical (unpaired) electrons.